The number of thiophene rings is 1. The molecule has 1 aromatic heterocycles. The van der Waals surface area contributed by atoms with Gasteiger partial charge in [-0.2, -0.15) is 0 Å². The van der Waals surface area contributed by atoms with E-state index in [-0.39, 0.29) is 18.6 Å². The molecule has 4 rings (SSSR count). The van der Waals surface area contributed by atoms with Crippen LogP contribution >= 0.6 is 11.3 Å². The third-order valence-corrected chi connectivity index (χ3v) is 7.23. The average Bonchev–Trinajstić information content (AvgIpc) is 3.55. The summed E-state index contributed by atoms with van der Waals surface area (Å²) in [6.45, 7) is 8.22. The molecule has 33 heavy (non-hydrogen) atoms. The highest BCUT2D eigenvalue weighted by Crippen LogP contribution is 2.34. The van der Waals surface area contributed by atoms with Crippen LogP contribution in [0.15, 0.2) is 48.4 Å². The Hall–Kier alpha value is -2.19. The van der Waals surface area contributed by atoms with Gasteiger partial charge in [0.1, 0.15) is 12.4 Å². The van der Waals surface area contributed by atoms with Crippen LogP contribution in [-0.2, 0) is 16.0 Å². The maximum Gasteiger partial charge on any atom is 0.237 e. The molecule has 1 amide bonds. The fourth-order valence-corrected chi connectivity index (χ4v) is 5.27. The number of carbonyl (C=O) groups is 1. The molecule has 0 unspecified atom stereocenters. The van der Waals surface area contributed by atoms with E-state index in [4.69, 9.17) is 9.47 Å². The number of aliphatic hydroxyl groups is 1. The molecule has 0 spiro atoms. The largest absolute Gasteiger partial charge is 0.491 e. The number of nitrogens with zero attached hydrogens (tertiary/aromatic N) is 2. The number of hydrogen-bond acceptors (Lipinski definition) is 6. The minimum absolute atomic E-state index is 0.0930. The Morgan fingerprint density at radius 3 is 2.85 bits per heavy atom. The van der Waals surface area contributed by atoms with Gasteiger partial charge in [0.05, 0.1) is 31.9 Å². The zero-order valence-electron chi connectivity index (χ0n) is 19.3. The fraction of sp³-hybridized carbons (Fsp3) is 0.500. The summed E-state index contributed by atoms with van der Waals surface area (Å²) < 4.78 is 11.5. The van der Waals surface area contributed by atoms with Gasteiger partial charge in [-0.15, -0.1) is 17.9 Å². The number of hydrogen-bond donors (Lipinski definition) is 1. The molecule has 0 radical (unpaired) electrons. The summed E-state index contributed by atoms with van der Waals surface area (Å²) in [5.41, 5.74) is 2.39. The molecule has 1 aliphatic carbocycles. The lowest BCUT2D eigenvalue weighted by Gasteiger charge is -2.37. The topological polar surface area (TPSA) is 62.2 Å². The summed E-state index contributed by atoms with van der Waals surface area (Å²) in [5.74, 6) is 0.910. The molecule has 2 atom stereocenters. The average molecular weight is 471 g/mol. The fourth-order valence-electron chi connectivity index (χ4n) is 4.34. The van der Waals surface area contributed by atoms with Crippen molar-refractivity contribution in [3.05, 3.63) is 64.4 Å². The van der Waals surface area contributed by atoms with Crippen LogP contribution in [0.1, 0.15) is 34.9 Å². The lowest BCUT2D eigenvalue weighted by Crippen LogP contribution is -2.48. The van der Waals surface area contributed by atoms with Crippen LogP contribution in [0.4, 0.5) is 0 Å². The highest BCUT2D eigenvalue weighted by Gasteiger charge is 2.36. The van der Waals surface area contributed by atoms with Crippen LogP contribution in [0.25, 0.3) is 0 Å². The molecule has 2 heterocycles. The second-order valence-corrected chi connectivity index (χ2v) is 9.92. The zero-order valence-corrected chi connectivity index (χ0v) is 20.1. The van der Waals surface area contributed by atoms with Crippen molar-refractivity contribution in [3.8, 4) is 5.75 Å². The Balaban J connectivity index is 1.41. The quantitative estimate of drug-likeness (QED) is 0.379. The normalized spacial score (nSPS) is 18.8. The summed E-state index contributed by atoms with van der Waals surface area (Å²) in [6.07, 6.45) is 4.07. The van der Waals surface area contributed by atoms with Crippen LogP contribution in [0, 0.1) is 6.92 Å². The first-order chi connectivity index (χ1) is 16.0. The van der Waals surface area contributed by atoms with E-state index in [9.17, 15) is 9.90 Å². The van der Waals surface area contributed by atoms with E-state index in [1.165, 1.54) is 16.0 Å². The molecule has 1 aromatic carbocycles. The summed E-state index contributed by atoms with van der Waals surface area (Å²) in [7, 11) is 0. The first-order valence-electron chi connectivity index (χ1n) is 11.7. The third kappa shape index (κ3) is 6.44. The molecule has 1 N–H and O–H groups in total. The second kappa shape index (κ2) is 11.3. The lowest BCUT2D eigenvalue weighted by molar-refractivity contribution is -0.136. The van der Waals surface area contributed by atoms with Crippen LogP contribution < -0.4 is 4.74 Å². The van der Waals surface area contributed by atoms with Crippen molar-refractivity contribution in [1.82, 2.24) is 9.80 Å². The van der Waals surface area contributed by atoms with Gasteiger partial charge < -0.3 is 19.5 Å². The minimum atomic E-state index is -0.621. The first-order valence-corrected chi connectivity index (χ1v) is 12.6. The van der Waals surface area contributed by atoms with Gasteiger partial charge in [0.2, 0.25) is 5.91 Å². The number of aliphatic hydroxyl groups excluding tert-OH is 1. The summed E-state index contributed by atoms with van der Waals surface area (Å²) in [5, 5.41) is 12.5. The number of fused-ring (bicyclic) bond motifs is 1. The van der Waals surface area contributed by atoms with Crippen molar-refractivity contribution in [3.63, 3.8) is 0 Å². The molecular formula is C26H34N2O4S. The summed E-state index contributed by atoms with van der Waals surface area (Å²) >= 11 is 1.76. The smallest absolute Gasteiger partial charge is 0.237 e. The molecule has 178 valence electrons. The highest BCUT2D eigenvalue weighted by molar-refractivity contribution is 7.10. The number of ether oxygens (including phenoxy) is 2. The summed E-state index contributed by atoms with van der Waals surface area (Å²) in [6, 6.07) is 10.4. The minimum Gasteiger partial charge on any atom is -0.491 e. The number of benzene rings is 1. The number of carbonyl (C=O) groups excluding carboxylic acids is 1. The molecule has 1 fully saturated rings. The molecule has 1 aliphatic heterocycles. The van der Waals surface area contributed by atoms with E-state index in [0.29, 0.717) is 38.9 Å². The summed E-state index contributed by atoms with van der Waals surface area (Å²) in [4.78, 5) is 18.9. The second-order valence-electron chi connectivity index (χ2n) is 8.92. The third-order valence-electron chi connectivity index (χ3n) is 6.24. The van der Waals surface area contributed by atoms with Gasteiger partial charge in [-0.25, -0.2) is 0 Å². The van der Waals surface area contributed by atoms with Gasteiger partial charge in [0.25, 0.3) is 0 Å². The zero-order chi connectivity index (χ0) is 23.2. The van der Waals surface area contributed by atoms with Crippen molar-refractivity contribution >= 4 is 17.2 Å². The van der Waals surface area contributed by atoms with Crippen molar-refractivity contribution in [2.75, 3.05) is 39.5 Å². The maximum absolute atomic E-state index is 13.5. The molecule has 1 saturated carbocycles. The molecule has 7 heteroatoms. The number of aryl methyl sites for hydroxylation is 1. The standard InChI is InChI=1S/C26H34N2O4S/c1-3-13-31-17-21(29)15-27(20-6-7-20)16-26(30)28-12-10-25-23(11-14-33-25)24(28)18-32-22-8-4-19(2)5-9-22/h3-5,8-9,11,14,20-21,24,29H,1,6-7,10,12-13,15-18H2,2H3/t21-,24+/m1/s1. The van der Waals surface area contributed by atoms with Gasteiger partial charge in [-0.1, -0.05) is 23.8 Å². The van der Waals surface area contributed by atoms with Crippen LogP contribution in [0.3, 0.4) is 0 Å². The van der Waals surface area contributed by atoms with Gasteiger partial charge in [0.15, 0.2) is 0 Å². The molecule has 6 nitrogen and oxygen atoms in total. The SMILES string of the molecule is C=CCOC[C@H](O)CN(CC(=O)N1CCc2sccc2[C@@H]1COc1ccc(C)cc1)C1CC1. The molecule has 2 aliphatic rings. The first kappa shape index (κ1) is 24.0. The predicted octanol–water partition coefficient (Wildman–Crippen LogP) is 3.59. The van der Waals surface area contributed by atoms with E-state index < -0.39 is 6.10 Å². The Labute approximate surface area is 200 Å². The molecule has 0 bridgehead atoms. The van der Waals surface area contributed by atoms with E-state index in [0.717, 1.165) is 25.0 Å². The van der Waals surface area contributed by atoms with Crippen molar-refractivity contribution < 1.29 is 19.4 Å². The van der Waals surface area contributed by atoms with E-state index in [1.54, 1.807) is 17.4 Å². The highest BCUT2D eigenvalue weighted by atomic mass is 32.1. The maximum atomic E-state index is 13.5. The van der Waals surface area contributed by atoms with E-state index in [1.807, 2.05) is 29.2 Å². The Bertz CT molecular complexity index is 925. The van der Waals surface area contributed by atoms with Gasteiger partial charge in [0, 0.05) is 24.0 Å². The monoisotopic (exact) mass is 470 g/mol. The molecule has 0 saturated heterocycles. The van der Waals surface area contributed by atoms with Gasteiger partial charge in [-0.3, -0.25) is 9.69 Å². The van der Waals surface area contributed by atoms with Crippen molar-refractivity contribution in [2.24, 2.45) is 0 Å². The Morgan fingerprint density at radius 2 is 2.12 bits per heavy atom. The molecule has 2 aromatic rings. The molecular weight excluding hydrogens is 436 g/mol. The van der Waals surface area contributed by atoms with Crippen LogP contribution in [0.2, 0.25) is 0 Å². The Morgan fingerprint density at radius 1 is 1.33 bits per heavy atom. The van der Waals surface area contributed by atoms with Crippen molar-refractivity contribution in [1.29, 1.82) is 0 Å². The lowest BCUT2D eigenvalue weighted by atomic mass is 10.0. The predicted molar refractivity (Wildman–Crippen MR) is 131 cm³/mol. The van der Waals surface area contributed by atoms with Gasteiger partial charge >= 0.3 is 0 Å². The van der Waals surface area contributed by atoms with Crippen LogP contribution in [0.5, 0.6) is 5.75 Å². The van der Waals surface area contributed by atoms with Gasteiger partial charge in [-0.05, 0) is 55.3 Å². The van der Waals surface area contributed by atoms with E-state index in [2.05, 4.69) is 29.8 Å². The van der Waals surface area contributed by atoms with Crippen LogP contribution in [-0.4, -0.2) is 72.4 Å². The van der Waals surface area contributed by atoms with E-state index >= 15 is 0 Å². The number of rotatable bonds is 12. The number of amides is 1. The Kier molecular flexibility index (Phi) is 8.20. The van der Waals surface area contributed by atoms with Crippen molar-refractivity contribution in [2.45, 2.75) is 44.4 Å².